The van der Waals surface area contributed by atoms with Gasteiger partial charge in [-0.3, -0.25) is 19.7 Å². The lowest BCUT2D eigenvalue weighted by molar-refractivity contribution is -0.150. The number of halogens is 1. The molecule has 170 valence electrons. The topological polar surface area (TPSA) is 97.0 Å². The second-order valence-corrected chi connectivity index (χ2v) is 9.34. The van der Waals surface area contributed by atoms with Gasteiger partial charge in [0, 0.05) is 29.8 Å². The minimum Gasteiger partial charge on any atom is -0.463 e. The minimum atomic E-state index is -0.869. The van der Waals surface area contributed by atoms with Crippen molar-refractivity contribution in [2.75, 3.05) is 26.3 Å². The Morgan fingerprint density at radius 2 is 2.19 bits per heavy atom. The molecule has 0 saturated carbocycles. The highest BCUT2D eigenvalue weighted by molar-refractivity contribution is 7.80. The summed E-state index contributed by atoms with van der Waals surface area (Å²) >= 11 is 13.1. The fraction of sp³-hybridized carbons (Fsp3) is 0.429. The number of carbonyl (C=O) groups excluding carboxylic acids is 3. The molecule has 2 N–H and O–H groups in total. The number of hydrogen-bond acceptors (Lipinski definition) is 7. The SMILES string of the molecule is O=C(C[C@@H]1C(=O)NCCN1C(=S)NC(=O)c1sc2ccccc2c1Cl)OC[C@@H]1CCCO1. The molecular weight excluding hydrogens is 474 g/mol. The summed E-state index contributed by atoms with van der Waals surface area (Å²) < 4.78 is 11.6. The lowest BCUT2D eigenvalue weighted by Gasteiger charge is -2.36. The van der Waals surface area contributed by atoms with Crippen LogP contribution < -0.4 is 10.6 Å². The first-order valence-electron chi connectivity index (χ1n) is 10.3. The maximum absolute atomic E-state index is 12.8. The van der Waals surface area contributed by atoms with Gasteiger partial charge in [0.1, 0.15) is 17.5 Å². The van der Waals surface area contributed by atoms with Gasteiger partial charge in [-0.1, -0.05) is 29.8 Å². The van der Waals surface area contributed by atoms with Crippen LogP contribution in [-0.2, 0) is 19.1 Å². The van der Waals surface area contributed by atoms with Crippen LogP contribution in [0, 0.1) is 0 Å². The second-order valence-electron chi connectivity index (χ2n) is 7.52. The molecule has 2 fully saturated rings. The predicted octanol–water partition coefficient (Wildman–Crippen LogP) is 2.48. The van der Waals surface area contributed by atoms with Crippen molar-refractivity contribution in [2.24, 2.45) is 0 Å². The average molecular weight is 496 g/mol. The van der Waals surface area contributed by atoms with Gasteiger partial charge >= 0.3 is 5.97 Å². The lowest BCUT2D eigenvalue weighted by Crippen LogP contribution is -2.60. The molecular formula is C21H22ClN3O5S2. The van der Waals surface area contributed by atoms with E-state index in [9.17, 15) is 14.4 Å². The summed E-state index contributed by atoms with van der Waals surface area (Å²) in [6.45, 7) is 1.53. The van der Waals surface area contributed by atoms with Gasteiger partial charge in [-0.25, -0.2) is 0 Å². The highest BCUT2D eigenvalue weighted by Crippen LogP contribution is 2.35. The number of piperazine rings is 1. The fourth-order valence-electron chi connectivity index (χ4n) is 3.72. The number of nitrogens with one attached hydrogen (secondary N) is 2. The zero-order valence-corrected chi connectivity index (χ0v) is 19.5. The van der Waals surface area contributed by atoms with Crippen LogP contribution in [0.4, 0.5) is 0 Å². The van der Waals surface area contributed by atoms with E-state index in [2.05, 4.69) is 10.6 Å². The Balaban J connectivity index is 1.40. The number of ether oxygens (including phenoxy) is 2. The van der Waals surface area contributed by atoms with E-state index < -0.39 is 17.9 Å². The third kappa shape index (κ3) is 5.03. The number of amides is 2. The second kappa shape index (κ2) is 10.1. The van der Waals surface area contributed by atoms with Gasteiger partial charge in [0.15, 0.2) is 5.11 Å². The summed E-state index contributed by atoms with van der Waals surface area (Å²) in [5, 5.41) is 6.60. The molecule has 0 spiro atoms. The lowest BCUT2D eigenvalue weighted by atomic mass is 10.1. The quantitative estimate of drug-likeness (QED) is 0.486. The van der Waals surface area contributed by atoms with E-state index in [0.717, 1.165) is 22.9 Å². The molecule has 8 nitrogen and oxygen atoms in total. The molecule has 0 aliphatic carbocycles. The van der Waals surface area contributed by atoms with Crippen molar-refractivity contribution in [1.29, 1.82) is 0 Å². The van der Waals surface area contributed by atoms with E-state index in [1.165, 1.54) is 11.3 Å². The van der Waals surface area contributed by atoms with Crippen molar-refractivity contribution >= 4 is 68.1 Å². The average Bonchev–Trinajstić information content (AvgIpc) is 3.42. The molecule has 2 aliphatic rings. The van der Waals surface area contributed by atoms with Crippen molar-refractivity contribution in [1.82, 2.24) is 15.5 Å². The minimum absolute atomic E-state index is 0.0651. The van der Waals surface area contributed by atoms with Gasteiger partial charge in [-0.2, -0.15) is 0 Å². The monoisotopic (exact) mass is 495 g/mol. The summed E-state index contributed by atoms with van der Waals surface area (Å²) in [5.41, 5.74) is 0. The predicted molar refractivity (Wildman–Crippen MR) is 125 cm³/mol. The standard InChI is InChI=1S/C21H22ClN3O5S2/c22-17-13-5-1-2-6-15(13)32-18(17)20(28)24-21(31)25-8-7-23-19(27)14(25)10-16(26)30-11-12-4-3-9-29-12/h1-2,5-6,12,14H,3-4,7-11H2,(H,23,27)(H,24,28,31)/t12-,14+/m0/s1. The maximum Gasteiger partial charge on any atom is 0.308 e. The van der Waals surface area contributed by atoms with E-state index in [1.54, 1.807) is 4.90 Å². The first-order chi connectivity index (χ1) is 15.4. The van der Waals surface area contributed by atoms with Crippen LogP contribution in [0.1, 0.15) is 28.9 Å². The van der Waals surface area contributed by atoms with E-state index >= 15 is 0 Å². The molecule has 1 aromatic carbocycles. The van der Waals surface area contributed by atoms with E-state index in [4.69, 9.17) is 33.3 Å². The molecule has 2 saturated heterocycles. The Kier molecular flexibility index (Phi) is 7.24. The Hall–Kier alpha value is -2.27. The summed E-state index contributed by atoms with van der Waals surface area (Å²) in [4.78, 5) is 39.5. The summed E-state index contributed by atoms with van der Waals surface area (Å²) in [7, 11) is 0. The molecule has 0 unspecified atom stereocenters. The van der Waals surface area contributed by atoms with Crippen LogP contribution in [0.5, 0.6) is 0 Å². The number of thiophene rings is 1. The third-order valence-corrected chi connectivity index (χ3v) is 7.38. The third-order valence-electron chi connectivity index (χ3n) is 5.37. The largest absolute Gasteiger partial charge is 0.463 e. The Morgan fingerprint density at radius 3 is 2.94 bits per heavy atom. The van der Waals surface area contributed by atoms with Crippen molar-refractivity contribution in [2.45, 2.75) is 31.4 Å². The van der Waals surface area contributed by atoms with Crippen molar-refractivity contribution < 1.29 is 23.9 Å². The fourth-order valence-corrected chi connectivity index (χ4v) is 5.45. The summed E-state index contributed by atoms with van der Waals surface area (Å²) in [6, 6.07) is 6.58. The normalized spacial score (nSPS) is 20.8. The molecule has 1 aromatic heterocycles. The van der Waals surface area contributed by atoms with Crippen LogP contribution in [-0.4, -0.2) is 66.2 Å². The molecule has 0 radical (unpaired) electrons. The Bertz CT molecular complexity index is 1050. The number of hydrogen-bond donors (Lipinski definition) is 2. The van der Waals surface area contributed by atoms with Gasteiger partial charge in [-0.05, 0) is 31.1 Å². The highest BCUT2D eigenvalue weighted by Gasteiger charge is 2.35. The number of fused-ring (bicyclic) bond motifs is 1. The molecule has 2 amide bonds. The Morgan fingerprint density at radius 1 is 1.38 bits per heavy atom. The van der Waals surface area contributed by atoms with Crippen molar-refractivity contribution in [3.8, 4) is 0 Å². The van der Waals surface area contributed by atoms with Crippen molar-refractivity contribution in [3.05, 3.63) is 34.2 Å². The van der Waals surface area contributed by atoms with Crippen LogP contribution in [0.25, 0.3) is 10.1 Å². The summed E-state index contributed by atoms with van der Waals surface area (Å²) in [6.07, 6.45) is 1.51. The number of nitrogens with zero attached hydrogens (tertiary/aromatic N) is 1. The zero-order chi connectivity index (χ0) is 22.7. The zero-order valence-electron chi connectivity index (χ0n) is 17.1. The Labute approximate surface area is 199 Å². The van der Waals surface area contributed by atoms with E-state index in [1.807, 2.05) is 24.3 Å². The number of carbonyl (C=O) groups is 3. The van der Waals surface area contributed by atoms with Crippen molar-refractivity contribution in [3.63, 3.8) is 0 Å². The van der Waals surface area contributed by atoms with Gasteiger partial charge in [0.2, 0.25) is 5.91 Å². The first kappa shape index (κ1) is 22.9. The maximum atomic E-state index is 12.8. The molecule has 3 heterocycles. The van der Waals surface area contributed by atoms with Crippen LogP contribution >= 0.6 is 35.2 Å². The summed E-state index contributed by atoms with van der Waals surface area (Å²) in [5.74, 6) is -1.32. The van der Waals surface area contributed by atoms with Gasteiger partial charge < -0.3 is 19.7 Å². The van der Waals surface area contributed by atoms with Gasteiger partial charge in [0.05, 0.1) is 17.5 Å². The molecule has 2 atom stereocenters. The number of thiocarbonyl (C=S) groups is 1. The molecule has 2 aromatic rings. The van der Waals surface area contributed by atoms with Gasteiger partial charge in [-0.15, -0.1) is 11.3 Å². The highest BCUT2D eigenvalue weighted by atomic mass is 35.5. The van der Waals surface area contributed by atoms with Gasteiger partial charge in [0.25, 0.3) is 5.91 Å². The van der Waals surface area contributed by atoms with Crippen LogP contribution in [0.15, 0.2) is 24.3 Å². The van der Waals surface area contributed by atoms with E-state index in [0.29, 0.717) is 29.6 Å². The number of esters is 1. The van der Waals surface area contributed by atoms with Crippen LogP contribution in [0.3, 0.4) is 0 Å². The number of rotatable bonds is 5. The van der Waals surface area contributed by atoms with Crippen LogP contribution in [0.2, 0.25) is 5.02 Å². The van der Waals surface area contributed by atoms with E-state index in [-0.39, 0.29) is 30.2 Å². The number of benzene rings is 1. The first-order valence-corrected chi connectivity index (χ1v) is 11.9. The molecule has 11 heteroatoms. The molecule has 0 bridgehead atoms. The molecule has 4 rings (SSSR count). The molecule has 32 heavy (non-hydrogen) atoms. The smallest absolute Gasteiger partial charge is 0.308 e. The molecule has 2 aliphatic heterocycles.